The molecule has 0 aliphatic rings. The zero-order valence-electron chi connectivity index (χ0n) is 17.7. The molecular weight excluding hydrogens is 388 g/mol. The van der Waals surface area contributed by atoms with Gasteiger partial charge < -0.3 is 10.1 Å². The number of amides is 1. The average Bonchev–Trinajstić information content (AvgIpc) is 2.63. The minimum atomic E-state index is -3.60. The highest BCUT2D eigenvalue weighted by Crippen LogP contribution is 2.22. The Morgan fingerprint density at radius 1 is 1.07 bits per heavy atom. The molecule has 6 nitrogen and oxygen atoms in total. The smallest absolute Gasteiger partial charge is 0.241 e. The molecule has 1 amide bonds. The Bertz CT molecular complexity index is 922. The SMILES string of the molecule is CC(C)Oc1cccc(CNC(=O)CN(c2ccc(C(C)C)cc2)S(C)(=O)=O)c1. The minimum Gasteiger partial charge on any atom is -0.491 e. The van der Waals surface area contributed by atoms with Crippen molar-refractivity contribution in [3.8, 4) is 5.75 Å². The summed E-state index contributed by atoms with van der Waals surface area (Å²) >= 11 is 0. The van der Waals surface area contributed by atoms with E-state index in [1.165, 1.54) is 0 Å². The first-order chi connectivity index (χ1) is 13.6. The van der Waals surface area contributed by atoms with E-state index in [0.717, 1.165) is 27.4 Å². The number of carbonyl (C=O) groups is 1. The van der Waals surface area contributed by atoms with Crippen molar-refractivity contribution in [2.24, 2.45) is 0 Å². The number of carbonyl (C=O) groups excluding carboxylic acids is 1. The third-order valence-electron chi connectivity index (χ3n) is 4.30. The summed E-state index contributed by atoms with van der Waals surface area (Å²) in [5, 5.41) is 2.78. The summed E-state index contributed by atoms with van der Waals surface area (Å²) in [6.45, 7) is 8.04. The van der Waals surface area contributed by atoms with Gasteiger partial charge in [0.25, 0.3) is 0 Å². The number of rotatable bonds is 9. The number of hydrogen-bond donors (Lipinski definition) is 1. The second kappa shape index (κ2) is 9.78. The lowest BCUT2D eigenvalue weighted by Gasteiger charge is -2.22. The number of benzene rings is 2. The Balaban J connectivity index is 2.05. The highest BCUT2D eigenvalue weighted by Gasteiger charge is 2.21. The molecule has 0 spiro atoms. The molecule has 0 bridgehead atoms. The van der Waals surface area contributed by atoms with E-state index in [2.05, 4.69) is 19.2 Å². The van der Waals surface area contributed by atoms with Crippen LogP contribution in [0.1, 0.15) is 44.7 Å². The number of nitrogens with zero attached hydrogens (tertiary/aromatic N) is 1. The van der Waals surface area contributed by atoms with Crippen molar-refractivity contribution in [1.29, 1.82) is 0 Å². The number of anilines is 1. The van der Waals surface area contributed by atoms with Gasteiger partial charge in [-0.05, 0) is 55.2 Å². The van der Waals surface area contributed by atoms with Gasteiger partial charge in [0.15, 0.2) is 0 Å². The van der Waals surface area contributed by atoms with E-state index in [1.54, 1.807) is 12.1 Å². The van der Waals surface area contributed by atoms with E-state index in [1.807, 2.05) is 50.2 Å². The lowest BCUT2D eigenvalue weighted by atomic mass is 10.0. The maximum atomic E-state index is 12.4. The summed E-state index contributed by atoms with van der Waals surface area (Å²) in [6, 6.07) is 14.7. The third kappa shape index (κ3) is 7.09. The van der Waals surface area contributed by atoms with E-state index < -0.39 is 10.0 Å². The van der Waals surface area contributed by atoms with E-state index in [4.69, 9.17) is 4.74 Å². The predicted octanol–water partition coefficient (Wildman–Crippen LogP) is 3.68. The zero-order chi connectivity index (χ0) is 21.6. The van der Waals surface area contributed by atoms with Crippen molar-refractivity contribution in [3.05, 3.63) is 59.7 Å². The summed E-state index contributed by atoms with van der Waals surface area (Å²) in [4.78, 5) is 12.4. The van der Waals surface area contributed by atoms with Crippen molar-refractivity contribution in [2.45, 2.75) is 46.3 Å². The van der Waals surface area contributed by atoms with Crippen LogP contribution in [-0.4, -0.2) is 33.2 Å². The number of hydrogen-bond acceptors (Lipinski definition) is 4. The first-order valence-electron chi connectivity index (χ1n) is 9.66. The Hall–Kier alpha value is -2.54. The average molecular weight is 419 g/mol. The van der Waals surface area contributed by atoms with Crippen molar-refractivity contribution in [1.82, 2.24) is 5.32 Å². The van der Waals surface area contributed by atoms with Crippen LogP contribution in [0.2, 0.25) is 0 Å². The molecule has 0 fully saturated rings. The van der Waals surface area contributed by atoms with Gasteiger partial charge in [0.05, 0.1) is 18.0 Å². The Morgan fingerprint density at radius 2 is 1.72 bits per heavy atom. The molecule has 0 radical (unpaired) electrons. The largest absolute Gasteiger partial charge is 0.491 e. The molecule has 29 heavy (non-hydrogen) atoms. The molecular formula is C22H30N2O4S. The quantitative estimate of drug-likeness (QED) is 0.674. The maximum absolute atomic E-state index is 12.4. The second-order valence-electron chi connectivity index (χ2n) is 7.61. The summed E-state index contributed by atoms with van der Waals surface area (Å²) in [7, 11) is -3.60. The fourth-order valence-electron chi connectivity index (χ4n) is 2.81. The van der Waals surface area contributed by atoms with Gasteiger partial charge in [-0.25, -0.2) is 8.42 Å². The van der Waals surface area contributed by atoms with Crippen LogP contribution < -0.4 is 14.4 Å². The second-order valence-corrected chi connectivity index (χ2v) is 9.51. The summed E-state index contributed by atoms with van der Waals surface area (Å²) in [6.07, 6.45) is 1.16. The fourth-order valence-corrected chi connectivity index (χ4v) is 3.67. The molecule has 0 aliphatic heterocycles. The Labute approximate surface area is 173 Å². The zero-order valence-corrected chi connectivity index (χ0v) is 18.5. The van der Waals surface area contributed by atoms with Crippen molar-refractivity contribution in [2.75, 3.05) is 17.1 Å². The first-order valence-corrected chi connectivity index (χ1v) is 11.5. The summed E-state index contributed by atoms with van der Waals surface area (Å²) < 4.78 is 31.2. The Kier molecular flexibility index (Phi) is 7.67. The van der Waals surface area contributed by atoms with Crippen molar-refractivity contribution in [3.63, 3.8) is 0 Å². The lowest BCUT2D eigenvalue weighted by molar-refractivity contribution is -0.119. The maximum Gasteiger partial charge on any atom is 0.241 e. The molecule has 1 N–H and O–H groups in total. The molecule has 2 aromatic rings. The van der Waals surface area contributed by atoms with Crippen LogP contribution in [0.4, 0.5) is 5.69 Å². The van der Waals surface area contributed by atoms with Gasteiger partial charge in [-0.3, -0.25) is 9.10 Å². The number of ether oxygens (including phenoxy) is 1. The van der Waals surface area contributed by atoms with E-state index >= 15 is 0 Å². The highest BCUT2D eigenvalue weighted by atomic mass is 32.2. The van der Waals surface area contributed by atoms with E-state index in [9.17, 15) is 13.2 Å². The lowest BCUT2D eigenvalue weighted by Crippen LogP contribution is -2.40. The van der Waals surface area contributed by atoms with E-state index in [-0.39, 0.29) is 25.1 Å². The predicted molar refractivity (Wildman–Crippen MR) is 117 cm³/mol. The van der Waals surface area contributed by atoms with Crippen molar-refractivity contribution < 1.29 is 17.9 Å². The topological polar surface area (TPSA) is 75.7 Å². The van der Waals surface area contributed by atoms with Crippen LogP contribution in [0, 0.1) is 0 Å². The van der Waals surface area contributed by atoms with Crippen LogP contribution in [0.25, 0.3) is 0 Å². The monoisotopic (exact) mass is 418 g/mol. The molecule has 2 aromatic carbocycles. The van der Waals surface area contributed by atoms with E-state index in [0.29, 0.717) is 11.6 Å². The Morgan fingerprint density at radius 3 is 2.28 bits per heavy atom. The van der Waals surface area contributed by atoms with Crippen LogP contribution in [0.3, 0.4) is 0 Å². The molecule has 0 saturated heterocycles. The van der Waals surface area contributed by atoms with Gasteiger partial charge in [-0.2, -0.15) is 0 Å². The number of nitrogens with one attached hydrogen (secondary N) is 1. The van der Waals surface area contributed by atoms with Gasteiger partial charge in [0.2, 0.25) is 15.9 Å². The molecule has 0 heterocycles. The molecule has 7 heteroatoms. The van der Waals surface area contributed by atoms with Crippen LogP contribution in [0.5, 0.6) is 5.75 Å². The molecule has 0 saturated carbocycles. The third-order valence-corrected chi connectivity index (χ3v) is 5.44. The summed E-state index contributed by atoms with van der Waals surface area (Å²) in [5.41, 5.74) is 2.46. The van der Waals surface area contributed by atoms with Crippen LogP contribution in [-0.2, 0) is 21.4 Å². The molecule has 0 atom stereocenters. The van der Waals surface area contributed by atoms with Gasteiger partial charge in [-0.15, -0.1) is 0 Å². The standard InChI is InChI=1S/C22H30N2O4S/c1-16(2)19-9-11-20(12-10-19)24(29(5,26)27)15-22(25)23-14-18-7-6-8-21(13-18)28-17(3)4/h6-13,16-17H,14-15H2,1-5H3,(H,23,25). The highest BCUT2D eigenvalue weighted by molar-refractivity contribution is 7.92. The molecule has 0 aromatic heterocycles. The number of sulfonamides is 1. The van der Waals surface area contributed by atoms with Gasteiger partial charge >= 0.3 is 0 Å². The van der Waals surface area contributed by atoms with Crippen LogP contribution >= 0.6 is 0 Å². The molecule has 2 rings (SSSR count). The molecule has 0 unspecified atom stereocenters. The van der Waals surface area contributed by atoms with Crippen molar-refractivity contribution >= 4 is 21.6 Å². The normalized spacial score (nSPS) is 11.6. The van der Waals surface area contributed by atoms with Gasteiger partial charge in [-0.1, -0.05) is 38.1 Å². The van der Waals surface area contributed by atoms with Crippen LogP contribution in [0.15, 0.2) is 48.5 Å². The van der Waals surface area contributed by atoms with Gasteiger partial charge in [0.1, 0.15) is 12.3 Å². The first kappa shape index (κ1) is 22.7. The minimum absolute atomic E-state index is 0.0604. The molecule has 0 aliphatic carbocycles. The summed E-state index contributed by atoms with van der Waals surface area (Å²) in [5.74, 6) is 0.697. The molecule has 158 valence electrons. The van der Waals surface area contributed by atoms with Gasteiger partial charge in [0, 0.05) is 6.54 Å². The fraction of sp³-hybridized carbons (Fsp3) is 0.409.